The van der Waals surface area contributed by atoms with Gasteiger partial charge in [-0.2, -0.15) is 0 Å². The number of hydrogen-bond donors (Lipinski definition) is 9. The summed E-state index contributed by atoms with van der Waals surface area (Å²) in [6.45, 7) is 2.75. The van der Waals surface area contributed by atoms with Crippen molar-refractivity contribution in [3.63, 3.8) is 0 Å². The summed E-state index contributed by atoms with van der Waals surface area (Å²) in [6.07, 6.45) is 17.5. The number of ether oxygens (including phenoxy) is 4. The maximum absolute atomic E-state index is 13.1. The van der Waals surface area contributed by atoms with E-state index in [0.29, 0.717) is 12.8 Å². The van der Waals surface area contributed by atoms with Crippen LogP contribution in [0.25, 0.3) is 0 Å². The molecule has 352 valence electrons. The molecule has 12 unspecified atom stereocenters. The molecule has 0 saturated carbocycles. The lowest BCUT2D eigenvalue weighted by atomic mass is 9.97. The molecule has 0 aromatic heterocycles. The Morgan fingerprint density at radius 2 is 1.13 bits per heavy atom. The number of hydrogen-bond acceptors (Lipinski definition) is 13. The first-order valence-corrected chi connectivity index (χ1v) is 23.6. The van der Waals surface area contributed by atoms with Gasteiger partial charge in [-0.3, -0.25) is 4.79 Å². The van der Waals surface area contributed by atoms with Crippen LogP contribution in [0.1, 0.15) is 168 Å². The Bertz CT molecular complexity index is 1110. The average Bonchev–Trinajstić information content (AvgIpc) is 3.24. The summed E-state index contributed by atoms with van der Waals surface area (Å²) in [4.78, 5) is 13.1. The minimum absolute atomic E-state index is 0.224. The van der Waals surface area contributed by atoms with Gasteiger partial charge in [0.15, 0.2) is 12.6 Å². The molecule has 0 radical (unpaired) electrons. The molecule has 60 heavy (non-hydrogen) atoms. The Morgan fingerprint density at radius 1 is 0.600 bits per heavy atom. The van der Waals surface area contributed by atoms with E-state index in [4.69, 9.17) is 18.9 Å². The van der Waals surface area contributed by atoms with Gasteiger partial charge in [0.2, 0.25) is 5.91 Å². The summed E-state index contributed by atoms with van der Waals surface area (Å²) in [5.74, 6) is -0.224. The molecule has 12 atom stereocenters. The standard InChI is InChI=1S/C46H85NO13/c1-3-5-7-9-11-13-15-17-19-21-23-25-27-29-35(50)34(47-38(51)30-28-26-24-22-20-18-16-14-12-10-8-6-4-2)33-57-45-43(56)41(54)44(37(32-49)59-45)60-46-42(55)40(53)39(52)36(31-48)58-46/h8,10,14,16,34-37,39-46,48-50,52-56H,3-7,9,11-13,15,17-33H2,1-2H3,(H,47,51)/b10-8-,16-14-. The van der Waals surface area contributed by atoms with Crippen LogP contribution in [0.15, 0.2) is 24.3 Å². The molecule has 2 aliphatic rings. The van der Waals surface area contributed by atoms with E-state index in [-0.39, 0.29) is 18.9 Å². The van der Waals surface area contributed by atoms with Crippen molar-refractivity contribution in [3.05, 3.63) is 24.3 Å². The number of aliphatic hydroxyl groups excluding tert-OH is 8. The van der Waals surface area contributed by atoms with Crippen molar-refractivity contribution in [2.45, 2.75) is 242 Å². The van der Waals surface area contributed by atoms with E-state index in [9.17, 15) is 45.6 Å². The number of aliphatic hydroxyl groups is 8. The number of amides is 1. The molecule has 14 heteroatoms. The van der Waals surface area contributed by atoms with Crippen LogP contribution in [-0.4, -0.2) is 140 Å². The molecule has 2 fully saturated rings. The van der Waals surface area contributed by atoms with Crippen molar-refractivity contribution in [2.75, 3.05) is 19.8 Å². The van der Waals surface area contributed by atoms with Crippen LogP contribution in [0, 0.1) is 0 Å². The number of nitrogens with one attached hydrogen (secondary N) is 1. The lowest BCUT2D eigenvalue weighted by molar-refractivity contribution is -0.359. The Labute approximate surface area is 360 Å². The fraction of sp³-hybridized carbons (Fsp3) is 0.891. The number of allylic oxidation sites excluding steroid dienone is 4. The average molecular weight is 860 g/mol. The van der Waals surface area contributed by atoms with Crippen LogP contribution in [0.5, 0.6) is 0 Å². The van der Waals surface area contributed by atoms with E-state index in [1.807, 2.05) is 0 Å². The summed E-state index contributed by atoms with van der Waals surface area (Å²) in [5.41, 5.74) is 0. The minimum Gasteiger partial charge on any atom is -0.394 e. The summed E-state index contributed by atoms with van der Waals surface area (Å²) < 4.78 is 22.7. The molecular formula is C46H85NO13. The largest absolute Gasteiger partial charge is 0.394 e. The smallest absolute Gasteiger partial charge is 0.220 e. The molecule has 0 aromatic carbocycles. The molecule has 0 bridgehead atoms. The molecular weight excluding hydrogens is 774 g/mol. The molecule has 0 spiro atoms. The van der Waals surface area contributed by atoms with Gasteiger partial charge in [-0.05, 0) is 38.5 Å². The van der Waals surface area contributed by atoms with Gasteiger partial charge in [0.1, 0.15) is 48.8 Å². The number of unbranched alkanes of at least 4 members (excludes halogenated alkanes) is 18. The first-order chi connectivity index (χ1) is 29.1. The van der Waals surface area contributed by atoms with Crippen molar-refractivity contribution < 1.29 is 64.6 Å². The molecule has 2 rings (SSSR count). The van der Waals surface area contributed by atoms with Crippen LogP contribution >= 0.6 is 0 Å². The van der Waals surface area contributed by atoms with Gasteiger partial charge in [-0.1, -0.05) is 147 Å². The number of rotatable bonds is 35. The van der Waals surface area contributed by atoms with Gasteiger partial charge in [0.25, 0.3) is 0 Å². The number of carbonyl (C=O) groups excluding carboxylic acids is 1. The Morgan fingerprint density at radius 3 is 1.73 bits per heavy atom. The Hall–Kier alpha value is -1.53. The van der Waals surface area contributed by atoms with Crippen LogP contribution in [0.2, 0.25) is 0 Å². The summed E-state index contributed by atoms with van der Waals surface area (Å²) in [6, 6.07) is -0.831. The molecule has 0 aliphatic carbocycles. The molecule has 1 amide bonds. The fourth-order valence-electron chi connectivity index (χ4n) is 7.74. The molecule has 2 aliphatic heterocycles. The zero-order valence-corrected chi connectivity index (χ0v) is 36.9. The minimum atomic E-state index is -1.78. The second-order valence-electron chi connectivity index (χ2n) is 16.9. The summed E-state index contributed by atoms with van der Waals surface area (Å²) >= 11 is 0. The number of carbonyl (C=O) groups is 1. The third-order valence-corrected chi connectivity index (χ3v) is 11.7. The van der Waals surface area contributed by atoms with E-state index in [1.54, 1.807) is 0 Å². The maximum Gasteiger partial charge on any atom is 0.220 e. The molecule has 2 heterocycles. The van der Waals surface area contributed by atoms with Crippen molar-refractivity contribution in [1.82, 2.24) is 5.32 Å². The van der Waals surface area contributed by atoms with Crippen LogP contribution in [0.3, 0.4) is 0 Å². The van der Waals surface area contributed by atoms with E-state index in [1.165, 1.54) is 57.8 Å². The zero-order chi connectivity index (χ0) is 44.0. The molecule has 2 saturated heterocycles. The zero-order valence-electron chi connectivity index (χ0n) is 36.9. The van der Waals surface area contributed by atoms with E-state index >= 15 is 0 Å². The van der Waals surface area contributed by atoms with Gasteiger partial charge in [-0.15, -0.1) is 0 Å². The first-order valence-electron chi connectivity index (χ1n) is 23.6. The van der Waals surface area contributed by atoms with Gasteiger partial charge < -0.3 is 65.1 Å². The lowest BCUT2D eigenvalue weighted by Crippen LogP contribution is -2.65. The topological polar surface area (TPSA) is 228 Å². The predicted octanol–water partition coefficient (Wildman–Crippen LogP) is 4.99. The summed E-state index contributed by atoms with van der Waals surface area (Å²) in [5, 5.41) is 86.6. The van der Waals surface area contributed by atoms with Crippen molar-refractivity contribution in [3.8, 4) is 0 Å². The van der Waals surface area contributed by atoms with Gasteiger partial charge in [0, 0.05) is 6.42 Å². The third kappa shape index (κ3) is 21.7. The van der Waals surface area contributed by atoms with Gasteiger partial charge >= 0.3 is 0 Å². The highest BCUT2D eigenvalue weighted by Gasteiger charge is 2.51. The van der Waals surface area contributed by atoms with E-state index in [2.05, 4.69) is 43.5 Å². The first kappa shape index (κ1) is 54.6. The van der Waals surface area contributed by atoms with Gasteiger partial charge in [0.05, 0.1) is 32.0 Å². The maximum atomic E-state index is 13.1. The normalized spacial score (nSPS) is 28.4. The SMILES string of the molecule is CCC/C=C\C/C=C\CCCCCCCC(=O)NC(COC1OC(CO)C(OC2OC(CO)C(O)C(O)C2O)C(O)C1O)C(O)CCCCCCCCCCCCCCC. The van der Waals surface area contributed by atoms with Crippen molar-refractivity contribution in [1.29, 1.82) is 0 Å². The van der Waals surface area contributed by atoms with E-state index < -0.39 is 86.8 Å². The molecule has 14 nitrogen and oxygen atoms in total. The second kappa shape index (κ2) is 34.0. The third-order valence-electron chi connectivity index (χ3n) is 11.7. The Balaban J connectivity index is 1.88. The monoisotopic (exact) mass is 860 g/mol. The predicted molar refractivity (Wildman–Crippen MR) is 231 cm³/mol. The quantitative estimate of drug-likeness (QED) is 0.0303. The molecule has 0 aromatic rings. The van der Waals surface area contributed by atoms with Crippen molar-refractivity contribution >= 4 is 5.91 Å². The lowest BCUT2D eigenvalue weighted by Gasteiger charge is -2.46. The van der Waals surface area contributed by atoms with Crippen LogP contribution in [-0.2, 0) is 23.7 Å². The summed E-state index contributed by atoms with van der Waals surface area (Å²) in [7, 11) is 0. The Kier molecular flexibility index (Phi) is 30.9. The highest BCUT2D eigenvalue weighted by molar-refractivity contribution is 5.76. The van der Waals surface area contributed by atoms with Crippen LogP contribution in [0.4, 0.5) is 0 Å². The van der Waals surface area contributed by atoms with Crippen molar-refractivity contribution in [2.24, 2.45) is 0 Å². The highest BCUT2D eigenvalue weighted by atomic mass is 16.7. The second-order valence-corrected chi connectivity index (χ2v) is 16.9. The highest BCUT2D eigenvalue weighted by Crippen LogP contribution is 2.30. The molecule has 9 N–H and O–H groups in total. The van der Waals surface area contributed by atoms with Crippen LogP contribution < -0.4 is 5.32 Å². The van der Waals surface area contributed by atoms with E-state index in [0.717, 1.165) is 77.0 Å². The van der Waals surface area contributed by atoms with Gasteiger partial charge in [-0.25, -0.2) is 0 Å². The fourth-order valence-corrected chi connectivity index (χ4v) is 7.74.